The van der Waals surface area contributed by atoms with E-state index >= 15 is 0 Å². The SMILES string of the molecule is Cc1ccc(-c2cccc(C(=O)N(C)C3CCNCC3)c2)o1. The van der Waals surface area contributed by atoms with Crippen molar-refractivity contribution in [1.29, 1.82) is 0 Å². The van der Waals surface area contributed by atoms with Crippen molar-refractivity contribution in [1.82, 2.24) is 10.2 Å². The van der Waals surface area contributed by atoms with E-state index in [-0.39, 0.29) is 5.91 Å². The molecule has 1 N–H and O–H groups in total. The molecule has 0 unspecified atom stereocenters. The molecular formula is C18H22N2O2. The maximum atomic E-state index is 12.7. The average molecular weight is 298 g/mol. The molecule has 0 aliphatic carbocycles. The summed E-state index contributed by atoms with van der Waals surface area (Å²) in [4.78, 5) is 14.6. The Kier molecular flexibility index (Phi) is 4.29. The minimum atomic E-state index is 0.0806. The largest absolute Gasteiger partial charge is 0.461 e. The van der Waals surface area contributed by atoms with E-state index in [9.17, 15) is 4.79 Å². The van der Waals surface area contributed by atoms with Crippen molar-refractivity contribution in [2.45, 2.75) is 25.8 Å². The van der Waals surface area contributed by atoms with Crippen LogP contribution in [0, 0.1) is 6.92 Å². The first-order valence-corrected chi connectivity index (χ1v) is 7.80. The zero-order chi connectivity index (χ0) is 15.5. The van der Waals surface area contributed by atoms with Crippen LogP contribution in [-0.4, -0.2) is 37.0 Å². The van der Waals surface area contributed by atoms with E-state index in [0.29, 0.717) is 11.6 Å². The summed E-state index contributed by atoms with van der Waals surface area (Å²) in [5, 5.41) is 3.33. The van der Waals surface area contributed by atoms with Gasteiger partial charge in [-0.05, 0) is 57.1 Å². The summed E-state index contributed by atoms with van der Waals surface area (Å²) >= 11 is 0. The Hall–Kier alpha value is -2.07. The second kappa shape index (κ2) is 6.36. The smallest absolute Gasteiger partial charge is 0.253 e. The molecule has 0 atom stereocenters. The predicted octanol–water partition coefficient (Wildman–Crippen LogP) is 3.08. The summed E-state index contributed by atoms with van der Waals surface area (Å²) in [5.41, 5.74) is 1.66. The Labute approximate surface area is 131 Å². The van der Waals surface area contributed by atoms with Crippen molar-refractivity contribution in [3.05, 3.63) is 47.7 Å². The van der Waals surface area contributed by atoms with Crippen LogP contribution >= 0.6 is 0 Å². The van der Waals surface area contributed by atoms with Crippen molar-refractivity contribution in [2.75, 3.05) is 20.1 Å². The molecule has 1 amide bonds. The summed E-state index contributed by atoms with van der Waals surface area (Å²) in [7, 11) is 1.90. The third-order valence-corrected chi connectivity index (χ3v) is 4.31. The van der Waals surface area contributed by atoms with Gasteiger partial charge in [-0.3, -0.25) is 4.79 Å². The molecule has 4 heteroatoms. The molecule has 4 nitrogen and oxygen atoms in total. The molecule has 1 fully saturated rings. The van der Waals surface area contributed by atoms with Gasteiger partial charge in [0, 0.05) is 24.2 Å². The normalized spacial score (nSPS) is 15.7. The number of hydrogen-bond acceptors (Lipinski definition) is 3. The number of carbonyl (C=O) groups excluding carboxylic acids is 1. The third-order valence-electron chi connectivity index (χ3n) is 4.31. The monoisotopic (exact) mass is 298 g/mol. The number of amides is 1. The molecule has 116 valence electrons. The highest BCUT2D eigenvalue weighted by Crippen LogP contribution is 2.24. The van der Waals surface area contributed by atoms with Gasteiger partial charge in [-0.15, -0.1) is 0 Å². The maximum absolute atomic E-state index is 12.7. The first-order valence-electron chi connectivity index (χ1n) is 7.80. The van der Waals surface area contributed by atoms with Crippen LogP contribution in [-0.2, 0) is 0 Å². The van der Waals surface area contributed by atoms with Gasteiger partial charge in [-0.2, -0.15) is 0 Å². The van der Waals surface area contributed by atoms with Crippen LogP contribution < -0.4 is 5.32 Å². The minimum Gasteiger partial charge on any atom is -0.461 e. The van der Waals surface area contributed by atoms with E-state index in [1.54, 1.807) is 0 Å². The van der Waals surface area contributed by atoms with E-state index in [1.807, 2.05) is 55.3 Å². The first kappa shape index (κ1) is 14.9. The number of nitrogens with one attached hydrogen (secondary N) is 1. The van der Waals surface area contributed by atoms with Crippen LogP contribution in [0.5, 0.6) is 0 Å². The minimum absolute atomic E-state index is 0.0806. The predicted molar refractivity (Wildman–Crippen MR) is 86.9 cm³/mol. The number of hydrogen-bond donors (Lipinski definition) is 1. The van der Waals surface area contributed by atoms with Crippen LogP contribution in [0.3, 0.4) is 0 Å². The Bertz CT molecular complexity index is 657. The quantitative estimate of drug-likeness (QED) is 0.947. The molecule has 3 rings (SSSR count). The third kappa shape index (κ3) is 3.07. The van der Waals surface area contributed by atoms with E-state index < -0.39 is 0 Å². The molecular weight excluding hydrogens is 276 g/mol. The first-order chi connectivity index (χ1) is 10.6. The van der Waals surface area contributed by atoms with Gasteiger partial charge in [0.2, 0.25) is 0 Å². The van der Waals surface area contributed by atoms with Gasteiger partial charge in [0.25, 0.3) is 5.91 Å². The topological polar surface area (TPSA) is 45.5 Å². The van der Waals surface area contributed by atoms with Gasteiger partial charge in [0.05, 0.1) is 0 Å². The van der Waals surface area contributed by atoms with Crippen molar-refractivity contribution in [3.8, 4) is 11.3 Å². The number of aryl methyl sites for hydroxylation is 1. The molecule has 1 aliphatic rings. The van der Waals surface area contributed by atoms with E-state index in [1.165, 1.54) is 0 Å². The fraction of sp³-hybridized carbons (Fsp3) is 0.389. The lowest BCUT2D eigenvalue weighted by molar-refractivity contribution is 0.0703. The van der Waals surface area contributed by atoms with Gasteiger partial charge in [0.1, 0.15) is 11.5 Å². The number of piperidine rings is 1. The maximum Gasteiger partial charge on any atom is 0.253 e. The van der Waals surface area contributed by atoms with Crippen molar-refractivity contribution < 1.29 is 9.21 Å². The molecule has 1 aromatic heterocycles. The lowest BCUT2D eigenvalue weighted by atomic mass is 10.0. The van der Waals surface area contributed by atoms with Crippen molar-refractivity contribution in [3.63, 3.8) is 0 Å². The molecule has 1 saturated heterocycles. The summed E-state index contributed by atoms with van der Waals surface area (Å²) in [6, 6.07) is 11.9. The Morgan fingerprint density at radius 3 is 2.68 bits per heavy atom. The number of benzene rings is 1. The summed E-state index contributed by atoms with van der Waals surface area (Å²) in [6.07, 6.45) is 2.03. The highest BCUT2D eigenvalue weighted by Gasteiger charge is 2.23. The lowest BCUT2D eigenvalue weighted by Gasteiger charge is -2.31. The Balaban J connectivity index is 1.80. The van der Waals surface area contributed by atoms with Crippen LogP contribution in [0.1, 0.15) is 29.0 Å². The highest BCUT2D eigenvalue weighted by molar-refractivity contribution is 5.95. The van der Waals surface area contributed by atoms with Gasteiger partial charge in [-0.1, -0.05) is 12.1 Å². The zero-order valence-electron chi connectivity index (χ0n) is 13.1. The second-order valence-corrected chi connectivity index (χ2v) is 5.89. The number of rotatable bonds is 3. The van der Waals surface area contributed by atoms with E-state index in [0.717, 1.165) is 43.0 Å². The molecule has 0 radical (unpaired) electrons. The number of furan rings is 1. The molecule has 0 saturated carbocycles. The Morgan fingerprint density at radius 1 is 1.23 bits per heavy atom. The lowest BCUT2D eigenvalue weighted by Crippen LogP contribution is -2.43. The molecule has 2 heterocycles. The number of carbonyl (C=O) groups is 1. The van der Waals surface area contributed by atoms with Crippen LogP contribution in [0.25, 0.3) is 11.3 Å². The van der Waals surface area contributed by atoms with Gasteiger partial charge < -0.3 is 14.6 Å². The summed E-state index contributed by atoms with van der Waals surface area (Å²) in [5.74, 6) is 1.76. The summed E-state index contributed by atoms with van der Waals surface area (Å²) in [6.45, 7) is 3.88. The van der Waals surface area contributed by atoms with Gasteiger partial charge in [0.15, 0.2) is 0 Å². The van der Waals surface area contributed by atoms with E-state index in [2.05, 4.69) is 5.32 Å². The van der Waals surface area contributed by atoms with Crippen LogP contribution in [0.2, 0.25) is 0 Å². The zero-order valence-corrected chi connectivity index (χ0v) is 13.1. The molecule has 22 heavy (non-hydrogen) atoms. The fourth-order valence-electron chi connectivity index (χ4n) is 2.96. The molecule has 0 bridgehead atoms. The number of nitrogens with zero attached hydrogens (tertiary/aromatic N) is 1. The molecule has 1 aliphatic heterocycles. The van der Waals surface area contributed by atoms with Crippen LogP contribution in [0.15, 0.2) is 40.8 Å². The highest BCUT2D eigenvalue weighted by atomic mass is 16.3. The Morgan fingerprint density at radius 2 is 2.00 bits per heavy atom. The van der Waals surface area contributed by atoms with Gasteiger partial charge >= 0.3 is 0 Å². The van der Waals surface area contributed by atoms with Crippen molar-refractivity contribution >= 4 is 5.91 Å². The average Bonchev–Trinajstić information content (AvgIpc) is 3.01. The standard InChI is InChI=1S/C18H22N2O2/c1-13-6-7-17(22-13)14-4-3-5-15(12-14)18(21)20(2)16-8-10-19-11-9-16/h3-7,12,16,19H,8-11H2,1-2H3. The second-order valence-electron chi connectivity index (χ2n) is 5.89. The summed E-state index contributed by atoms with van der Waals surface area (Å²) < 4.78 is 5.65. The van der Waals surface area contributed by atoms with Gasteiger partial charge in [-0.25, -0.2) is 0 Å². The molecule has 0 spiro atoms. The van der Waals surface area contributed by atoms with Crippen LogP contribution in [0.4, 0.5) is 0 Å². The fourth-order valence-corrected chi connectivity index (χ4v) is 2.96. The van der Waals surface area contributed by atoms with Crippen molar-refractivity contribution in [2.24, 2.45) is 0 Å². The molecule has 1 aromatic carbocycles. The van der Waals surface area contributed by atoms with E-state index in [4.69, 9.17) is 4.42 Å². The molecule has 2 aromatic rings.